The maximum absolute atomic E-state index is 11.3. The molecule has 0 amide bonds. The zero-order valence-corrected chi connectivity index (χ0v) is 31.9. The molecule has 0 rings (SSSR count). The molecule has 0 aromatic rings. The van der Waals surface area contributed by atoms with Crippen molar-refractivity contribution >= 4 is 23.1 Å². The largest absolute Gasteiger partial charge is 3.00 e. The van der Waals surface area contributed by atoms with Gasteiger partial charge in [-0.3, -0.25) is 19.2 Å². The van der Waals surface area contributed by atoms with Gasteiger partial charge in [-0.15, -0.1) is 0 Å². The van der Waals surface area contributed by atoms with E-state index < -0.39 is 120 Å². The third kappa shape index (κ3) is 35.2. The number of rotatable bonds is 7. The first-order chi connectivity index (χ1) is 25.5. The molecule has 0 N–H and O–H groups in total. The summed E-state index contributed by atoms with van der Waals surface area (Å²) in [6, 6.07) is 0. The van der Waals surface area contributed by atoms with Crippen molar-refractivity contribution in [2.75, 3.05) is 19.6 Å². The molecule has 34 heteroatoms. The fourth-order valence-electron chi connectivity index (χ4n) is 1.80. The maximum Gasteiger partial charge on any atom is 3.00 e. The molecule has 0 atom stereocenters. The first kappa shape index (κ1) is 68.2. The third-order valence-electron chi connectivity index (χ3n) is 4.63. The SMILES string of the molecule is CCN(CC)CC.O=C(/C=C(\[O-])C(F)(F)F)C(F)(F)F.O=C(/C=C(\[O-])C(F)(F)F)C(F)(F)F.O=C(/C=C(\[O-])C(F)(F)F)C(F)(F)F.O=C(/C=C(\[O-])C(F)(F)F)C(F)(F)F.[Nd+3]. The smallest absolute Gasteiger partial charge is 0.869 e. The van der Waals surface area contributed by atoms with Crippen LogP contribution in [0.3, 0.4) is 0 Å². The summed E-state index contributed by atoms with van der Waals surface area (Å²) in [7, 11) is 0. The van der Waals surface area contributed by atoms with Gasteiger partial charge in [0.05, 0.1) is 0 Å². The number of allylic oxidation sites excluding steroid dienone is 8. The summed E-state index contributed by atoms with van der Waals surface area (Å²) in [5.74, 6) is -22.6. The molecule has 0 aromatic heterocycles. The fourth-order valence-corrected chi connectivity index (χ4v) is 1.80. The molecule has 0 fully saturated rings. The molecule has 0 aliphatic rings. The summed E-state index contributed by atoms with van der Waals surface area (Å²) < 4.78 is 271. The van der Waals surface area contributed by atoms with Gasteiger partial charge in [0.15, 0.2) is 0 Å². The standard InChI is InChI=1S/C6H15N.4C5H2F6O2.Nd/c1-4-7(5-2)6-3;4*6-4(7,8)2(12)1-3(13)5(9,10)11;/h4-6H2,1-3H3;4*1,12H;/q;;;;;+3/p-4/b;4*2-1-;. The van der Waals surface area contributed by atoms with E-state index in [1.807, 2.05) is 0 Å². The summed E-state index contributed by atoms with van der Waals surface area (Å²) in [5, 5.41) is 39.3. The molecule has 0 aliphatic heterocycles. The van der Waals surface area contributed by atoms with E-state index >= 15 is 0 Å². The molecule has 9 nitrogen and oxygen atoms in total. The van der Waals surface area contributed by atoms with E-state index in [-0.39, 0.29) is 40.8 Å². The van der Waals surface area contributed by atoms with Crippen molar-refractivity contribution in [2.45, 2.75) is 70.2 Å². The predicted octanol–water partition coefficient (Wildman–Crippen LogP) is 5.05. The number of carbonyl (C=O) groups excluding carboxylic acids is 4. The Morgan fingerprint density at radius 2 is 0.450 bits per heavy atom. The zero-order chi connectivity index (χ0) is 49.1. The third-order valence-corrected chi connectivity index (χ3v) is 4.63. The molecule has 0 unspecified atom stereocenters. The van der Waals surface area contributed by atoms with E-state index in [4.69, 9.17) is 0 Å². The van der Waals surface area contributed by atoms with Crippen LogP contribution in [0.25, 0.3) is 0 Å². The molecule has 0 bridgehead atoms. The van der Waals surface area contributed by atoms with E-state index in [1.54, 1.807) is 0 Å². The van der Waals surface area contributed by atoms with Crippen LogP contribution < -0.4 is 20.4 Å². The minimum absolute atomic E-state index is 0. The van der Waals surface area contributed by atoms with Crippen LogP contribution in [0, 0.1) is 40.8 Å². The van der Waals surface area contributed by atoms with Crippen molar-refractivity contribution in [2.24, 2.45) is 0 Å². The Kier molecular flexibility index (Phi) is 30.4. The first-order valence-corrected chi connectivity index (χ1v) is 13.5. The molecule has 0 heterocycles. The molecular weight excluding hydrogens is 1050 g/mol. The summed E-state index contributed by atoms with van der Waals surface area (Å²) in [4.78, 5) is 41.7. The van der Waals surface area contributed by atoms with Crippen molar-refractivity contribution in [1.29, 1.82) is 0 Å². The first-order valence-electron chi connectivity index (χ1n) is 13.5. The number of halogens is 24. The monoisotopic (exact) mass is 1070 g/mol. The van der Waals surface area contributed by atoms with Gasteiger partial charge in [0, 0.05) is 0 Å². The second-order valence-electron chi connectivity index (χ2n) is 9.09. The van der Waals surface area contributed by atoms with Gasteiger partial charge in [0.2, 0.25) is 0 Å². The normalized spacial score (nSPS) is 13.7. The van der Waals surface area contributed by atoms with E-state index in [0.29, 0.717) is 0 Å². The summed E-state index contributed by atoms with van der Waals surface area (Å²) in [6.07, 6.45) is -47.8. The Labute approximate surface area is 350 Å². The molecule has 0 saturated carbocycles. The van der Waals surface area contributed by atoms with Crippen molar-refractivity contribution < 1.29 is 186 Å². The van der Waals surface area contributed by atoms with Gasteiger partial charge in [-0.05, 0) is 67.0 Å². The number of nitrogens with zero attached hydrogens (tertiary/aromatic N) is 1. The van der Waals surface area contributed by atoms with Crippen LogP contribution in [-0.4, -0.2) is 97.1 Å². The maximum atomic E-state index is 11.3. The van der Waals surface area contributed by atoms with Gasteiger partial charge < -0.3 is 25.3 Å². The Hall–Kier alpha value is -3.53. The zero-order valence-electron chi connectivity index (χ0n) is 28.7. The predicted molar refractivity (Wildman–Crippen MR) is 134 cm³/mol. The van der Waals surface area contributed by atoms with Crippen LogP contribution in [0.5, 0.6) is 0 Å². The minimum atomic E-state index is -5.46. The van der Waals surface area contributed by atoms with E-state index in [2.05, 4.69) is 25.7 Å². The molecule has 60 heavy (non-hydrogen) atoms. The van der Waals surface area contributed by atoms with Crippen molar-refractivity contribution in [3.63, 3.8) is 0 Å². The van der Waals surface area contributed by atoms with Gasteiger partial charge >= 0.3 is 90.2 Å². The minimum Gasteiger partial charge on any atom is -0.869 e. The van der Waals surface area contributed by atoms with Crippen molar-refractivity contribution in [1.82, 2.24) is 4.90 Å². The summed E-state index contributed by atoms with van der Waals surface area (Å²) >= 11 is 0. The number of ketones is 4. The van der Waals surface area contributed by atoms with Crippen LogP contribution in [-0.2, 0) is 19.2 Å². The summed E-state index contributed by atoms with van der Waals surface area (Å²) in [5.41, 5.74) is 0. The van der Waals surface area contributed by atoms with Crippen LogP contribution in [0.1, 0.15) is 20.8 Å². The van der Waals surface area contributed by atoms with Crippen molar-refractivity contribution in [3.8, 4) is 0 Å². The van der Waals surface area contributed by atoms with E-state index in [0.717, 1.165) is 0 Å². The second kappa shape index (κ2) is 26.7. The molecule has 1 radical (unpaired) electrons. The molecule has 349 valence electrons. The Morgan fingerprint density at radius 3 is 0.500 bits per heavy atom. The Balaban J connectivity index is -0.000000153. The van der Waals surface area contributed by atoms with Gasteiger partial charge in [0.25, 0.3) is 23.1 Å². The van der Waals surface area contributed by atoms with E-state index in [1.165, 1.54) is 19.6 Å². The van der Waals surface area contributed by atoms with Crippen LogP contribution in [0.4, 0.5) is 105 Å². The topological polar surface area (TPSA) is 164 Å². The number of carbonyl (C=O) groups is 4. The Morgan fingerprint density at radius 1 is 0.333 bits per heavy atom. The number of hydrogen-bond acceptors (Lipinski definition) is 9. The molecule has 0 saturated heterocycles. The van der Waals surface area contributed by atoms with Gasteiger partial charge in [0.1, 0.15) is 0 Å². The fraction of sp³-hybridized carbons (Fsp3) is 0.538. The molecule has 0 spiro atoms. The van der Waals surface area contributed by atoms with Crippen LogP contribution >= 0.6 is 0 Å². The Bertz CT molecular complexity index is 1260. The average Bonchev–Trinajstić information content (AvgIpc) is 2.99. The van der Waals surface area contributed by atoms with Crippen LogP contribution in [0.2, 0.25) is 0 Å². The summed E-state index contributed by atoms with van der Waals surface area (Å²) in [6.45, 7) is 10.1. The molecule has 0 aliphatic carbocycles. The molecular formula is C26H19F24NNdO8-. The number of hydrogen-bond donors (Lipinski definition) is 0. The van der Waals surface area contributed by atoms with Crippen LogP contribution in [0.15, 0.2) is 47.3 Å². The molecule has 0 aromatic carbocycles. The van der Waals surface area contributed by atoms with Gasteiger partial charge in [-0.2, -0.15) is 105 Å². The average molecular weight is 1070 g/mol. The number of alkyl halides is 24. The van der Waals surface area contributed by atoms with Gasteiger partial charge in [-0.25, -0.2) is 0 Å². The van der Waals surface area contributed by atoms with Crippen molar-refractivity contribution in [3.05, 3.63) is 47.3 Å². The van der Waals surface area contributed by atoms with Gasteiger partial charge in [-0.1, -0.05) is 20.8 Å². The second-order valence-corrected chi connectivity index (χ2v) is 9.09. The quantitative estimate of drug-likeness (QED) is 0.193. The van der Waals surface area contributed by atoms with E-state index in [9.17, 15) is 145 Å².